The second kappa shape index (κ2) is 35.2. The van der Waals surface area contributed by atoms with E-state index in [4.69, 9.17) is 20.3 Å². The monoisotopic (exact) mass is 941 g/mol. The topological polar surface area (TPSA) is 189 Å². The molecule has 5 aromatic rings. The molecule has 16 heteroatoms. The second-order valence-corrected chi connectivity index (χ2v) is 16.2. The number of pyridine rings is 1. The first-order chi connectivity index (χ1) is 32.5. The van der Waals surface area contributed by atoms with E-state index in [1.165, 1.54) is 29.7 Å². The van der Waals surface area contributed by atoms with Crippen molar-refractivity contribution in [3.8, 4) is 0 Å². The molecule has 4 aromatic heterocycles. The molecule has 2 saturated heterocycles. The van der Waals surface area contributed by atoms with Gasteiger partial charge in [-0.2, -0.15) is 4.73 Å². The molecule has 68 heavy (non-hydrogen) atoms. The van der Waals surface area contributed by atoms with Gasteiger partial charge in [0.1, 0.15) is 18.0 Å². The molecule has 0 amide bonds. The molecule has 6 heterocycles. The summed E-state index contributed by atoms with van der Waals surface area (Å²) in [5.74, 6) is 2.85. The van der Waals surface area contributed by atoms with Crippen LogP contribution in [0.2, 0.25) is 0 Å². The molecular formula is C52H81FN12O3. The summed E-state index contributed by atoms with van der Waals surface area (Å²) in [7, 11) is 3.49. The Bertz CT molecular complexity index is 2090. The van der Waals surface area contributed by atoms with Gasteiger partial charge in [0.2, 0.25) is 5.95 Å². The minimum atomic E-state index is -0.137. The fourth-order valence-electron chi connectivity index (χ4n) is 6.43. The van der Waals surface area contributed by atoms with Crippen LogP contribution in [0.1, 0.15) is 112 Å². The number of benzene rings is 1. The number of hydrogen-bond acceptors (Lipinski definition) is 12. The molecule has 0 spiro atoms. The third-order valence-corrected chi connectivity index (χ3v) is 10.8. The summed E-state index contributed by atoms with van der Waals surface area (Å²) in [4.78, 5) is 28.2. The Labute approximate surface area is 407 Å². The molecule has 7 rings (SSSR count). The van der Waals surface area contributed by atoms with Gasteiger partial charge in [0.15, 0.2) is 12.4 Å². The van der Waals surface area contributed by atoms with Gasteiger partial charge in [-0.15, -0.1) is 0 Å². The van der Waals surface area contributed by atoms with Gasteiger partial charge in [0.05, 0.1) is 23.9 Å². The molecule has 3 N–H and O–H groups in total. The van der Waals surface area contributed by atoms with Crippen molar-refractivity contribution in [1.29, 1.82) is 10.8 Å². The van der Waals surface area contributed by atoms with Crippen LogP contribution in [0.25, 0.3) is 0 Å². The predicted octanol–water partition coefficient (Wildman–Crippen LogP) is 9.43. The summed E-state index contributed by atoms with van der Waals surface area (Å²) in [5.41, 5.74) is 7.63. The predicted molar refractivity (Wildman–Crippen MR) is 274 cm³/mol. The summed E-state index contributed by atoms with van der Waals surface area (Å²) in [6.07, 6.45) is 17.8. The van der Waals surface area contributed by atoms with Gasteiger partial charge in [-0.3, -0.25) is 10.8 Å². The van der Waals surface area contributed by atoms with E-state index < -0.39 is 0 Å². The van der Waals surface area contributed by atoms with Gasteiger partial charge >= 0.3 is 0 Å². The maximum Gasteiger partial charge on any atom is 0.222 e. The van der Waals surface area contributed by atoms with Gasteiger partial charge in [-0.1, -0.05) is 33.8 Å². The van der Waals surface area contributed by atoms with Crippen molar-refractivity contribution in [2.45, 2.75) is 133 Å². The molecule has 1 aromatic carbocycles. The first-order valence-electron chi connectivity index (χ1n) is 23.6. The molecule has 0 bridgehead atoms. The highest BCUT2D eigenvalue weighted by Gasteiger charge is 2.21. The number of nitrogens with zero attached hydrogens (tertiary/aromatic N) is 9. The zero-order valence-electron chi connectivity index (χ0n) is 43.3. The van der Waals surface area contributed by atoms with E-state index in [1.54, 1.807) is 45.1 Å². The van der Waals surface area contributed by atoms with Crippen LogP contribution in [0.15, 0.2) is 79.8 Å². The lowest BCUT2D eigenvalue weighted by Gasteiger charge is -2.31. The fraction of sp³-hybridized carbons (Fsp3) is 0.519. The molecule has 374 valence electrons. The summed E-state index contributed by atoms with van der Waals surface area (Å²) in [6, 6.07) is 12.4. The number of hydrogen-bond donors (Lipinski definition) is 3. The lowest BCUT2D eigenvalue weighted by atomic mass is 10.1. The Morgan fingerprint density at radius 2 is 1.29 bits per heavy atom. The number of aromatic nitrogens is 7. The number of halogens is 1. The maximum atomic E-state index is 12.5. The number of likely N-dealkylation sites (tertiary alicyclic amines) is 2. The molecule has 0 saturated carbocycles. The summed E-state index contributed by atoms with van der Waals surface area (Å²) in [5, 5.41) is 28.6. The van der Waals surface area contributed by atoms with Crippen molar-refractivity contribution < 1.29 is 18.6 Å². The molecule has 2 aliphatic heterocycles. The minimum Gasteiger partial charge on any atom is -0.619 e. The molecule has 1 atom stereocenters. The Hall–Kier alpha value is -6.00. The zero-order valence-corrected chi connectivity index (χ0v) is 43.3. The molecule has 0 radical (unpaired) electrons. The summed E-state index contributed by atoms with van der Waals surface area (Å²) in [6.45, 7) is 26.5. The number of ether oxygens (including phenoxy) is 2. The Morgan fingerprint density at radius 3 is 1.72 bits per heavy atom. The largest absolute Gasteiger partial charge is 0.619 e. The number of anilines is 1. The molecular weight excluding hydrogens is 860 g/mol. The SMILES string of the molecule is CCCNc1nccc(C)n1.CCc1c[n+]([O-])ccc1C.CCc1cc(F)ccc1C.CCc1nccc(C)n1.COC1CCN(C(C)=N)C1.COC1CCN(C(C)=N)CC1.Cc1ccncn1. The first-order valence-corrected chi connectivity index (χ1v) is 23.6. The number of piperidine rings is 1. The molecule has 0 aliphatic carbocycles. The second-order valence-electron chi connectivity index (χ2n) is 16.2. The van der Waals surface area contributed by atoms with Crippen molar-refractivity contribution >= 4 is 17.6 Å². The van der Waals surface area contributed by atoms with E-state index in [0.717, 1.165) is 122 Å². The number of nitrogens with one attached hydrogen (secondary N) is 3. The van der Waals surface area contributed by atoms with E-state index in [1.807, 2.05) is 97.5 Å². The van der Waals surface area contributed by atoms with Gasteiger partial charge in [0, 0.05) is 101 Å². The lowest BCUT2D eigenvalue weighted by molar-refractivity contribution is -0.605. The number of rotatable bonds is 8. The van der Waals surface area contributed by atoms with Gasteiger partial charge in [-0.05, 0) is 134 Å². The Kier molecular flexibility index (Phi) is 31.1. The minimum absolute atomic E-state index is 0.137. The average molecular weight is 941 g/mol. The van der Waals surface area contributed by atoms with Gasteiger partial charge in [0.25, 0.3) is 0 Å². The van der Waals surface area contributed by atoms with Crippen molar-refractivity contribution in [3.05, 3.63) is 136 Å². The Morgan fingerprint density at radius 1 is 0.721 bits per heavy atom. The average Bonchev–Trinajstić information content (AvgIpc) is 3.84. The fourth-order valence-corrected chi connectivity index (χ4v) is 6.43. The van der Waals surface area contributed by atoms with E-state index >= 15 is 0 Å². The standard InChI is InChI=1S/C9H11F.C8H13N3.C8H16N2O.C8H11NO.C7H14N2O.C7H10N2.C5H6N2/c1-3-8-6-9(10)5-4-7(8)2;1-3-5-9-8-10-6-4-7(2)11-8;1-7(9)10-5-3-8(11-2)4-6-10;1-3-8-6-9(10)5-4-7(8)2;1-6(8)9-4-3-7(5-9)10-2;1-3-7-8-5-4-6(2)9-7;1-5-2-3-6-4-7-5/h4-6H,3H2,1-2H3;4,6H,3,5H2,1-2H3,(H,9,10,11);8-9H,3-6H2,1-2H3;4-6H,3H2,1-2H3;7-8H,3-5H2,1-2H3;4-5H,3H2,1-2H3;2-4H,1H3. The van der Waals surface area contributed by atoms with Crippen LogP contribution in [0.4, 0.5) is 10.3 Å². The smallest absolute Gasteiger partial charge is 0.222 e. The molecule has 1 unspecified atom stereocenters. The van der Waals surface area contributed by atoms with Gasteiger partial charge < -0.3 is 29.8 Å². The van der Waals surface area contributed by atoms with Crippen molar-refractivity contribution in [1.82, 2.24) is 39.7 Å². The van der Waals surface area contributed by atoms with E-state index in [0.29, 0.717) is 23.9 Å². The third kappa shape index (κ3) is 26.4. The maximum absolute atomic E-state index is 12.5. The molecule has 2 fully saturated rings. The summed E-state index contributed by atoms with van der Waals surface area (Å²) >= 11 is 0. The van der Waals surface area contributed by atoms with Crippen molar-refractivity contribution in [2.24, 2.45) is 0 Å². The molecule has 15 nitrogen and oxygen atoms in total. The summed E-state index contributed by atoms with van der Waals surface area (Å²) < 4.78 is 23.7. The van der Waals surface area contributed by atoms with Crippen LogP contribution in [0.5, 0.6) is 0 Å². The van der Waals surface area contributed by atoms with E-state index in [-0.39, 0.29) is 5.82 Å². The zero-order chi connectivity index (χ0) is 50.9. The van der Waals surface area contributed by atoms with Crippen molar-refractivity contribution in [3.63, 3.8) is 0 Å². The number of amidine groups is 2. The first kappa shape index (κ1) is 60.0. The van der Waals surface area contributed by atoms with E-state index in [2.05, 4.69) is 54.0 Å². The highest BCUT2D eigenvalue weighted by Crippen LogP contribution is 2.13. The normalized spacial score (nSPS) is 13.6. The molecule has 2 aliphatic rings. The third-order valence-electron chi connectivity index (χ3n) is 10.8. The van der Waals surface area contributed by atoms with Crippen LogP contribution in [0.3, 0.4) is 0 Å². The Balaban J connectivity index is 0.000000398. The van der Waals surface area contributed by atoms with E-state index in [9.17, 15) is 9.60 Å². The van der Waals surface area contributed by atoms with Crippen LogP contribution in [0, 0.1) is 56.5 Å². The number of methoxy groups -OCH3 is 2. The quantitative estimate of drug-likeness (QED) is 0.0580. The van der Waals surface area contributed by atoms with Crippen LogP contribution in [-0.4, -0.2) is 111 Å². The van der Waals surface area contributed by atoms with Crippen LogP contribution >= 0.6 is 0 Å². The highest BCUT2D eigenvalue weighted by atomic mass is 19.1. The number of aryl methyl sites for hydroxylation is 8. The van der Waals surface area contributed by atoms with Crippen LogP contribution < -0.4 is 10.0 Å². The highest BCUT2D eigenvalue weighted by molar-refractivity contribution is 5.76. The van der Waals surface area contributed by atoms with Crippen LogP contribution in [-0.2, 0) is 28.7 Å². The van der Waals surface area contributed by atoms with Gasteiger partial charge in [-0.25, -0.2) is 34.3 Å². The van der Waals surface area contributed by atoms with Crippen molar-refractivity contribution in [2.75, 3.05) is 52.3 Å². The lowest BCUT2D eigenvalue weighted by Crippen LogP contribution is -2.39.